The van der Waals surface area contributed by atoms with Crippen LogP contribution in [-0.2, 0) is 0 Å². The molecule has 0 heterocycles. The Morgan fingerprint density at radius 1 is 1.20 bits per heavy atom. The van der Waals surface area contributed by atoms with Crippen LogP contribution in [0.4, 0.5) is 0 Å². The summed E-state index contributed by atoms with van der Waals surface area (Å²) in [6.07, 6.45) is 4.17. The van der Waals surface area contributed by atoms with Crippen LogP contribution >= 0.6 is 27.7 Å². The van der Waals surface area contributed by atoms with E-state index in [1.54, 1.807) is 0 Å². The molecule has 1 aliphatic rings. The Labute approximate surface area is 136 Å². The second kappa shape index (κ2) is 7.86. The van der Waals surface area contributed by atoms with Gasteiger partial charge in [-0.3, -0.25) is 0 Å². The molecule has 1 aliphatic carbocycles. The molecule has 112 valence electrons. The molecule has 2 rings (SSSR count). The Hall–Kier alpha value is 0.01000. The lowest BCUT2D eigenvalue weighted by atomic mass is 9.74. The number of rotatable bonds is 5. The van der Waals surface area contributed by atoms with Crippen molar-refractivity contribution < 1.29 is 0 Å². The number of benzene rings is 1. The average molecular weight is 356 g/mol. The Morgan fingerprint density at radius 2 is 1.85 bits per heavy atom. The molecule has 0 saturated heterocycles. The van der Waals surface area contributed by atoms with Gasteiger partial charge in [-0.1, -0.05) is 26.0 Å². The summed E-state index contributed by atoms with van der Waals surface area (Å²) >= 11 is 5.61. The van der Waals surface area contributed by atoms with Gasteiger partial charge < -0.3 is 5.32 Å². The van der Waals surface area contributed by atoms with Gasteiger partial charge >= 0.3 is 0 Å². The van der Waals surface area contributed by atoms with Crippen molar-refractivity contribution >= 4 is 27.7 Å². The van der Waals surface area contributed by atoms with Crippen LogP contribution in [-0.4, -0.2) is 18.8 Å². The predicted molar refractivity (Wildman–Crippen MR) is 93.4 cm³/mol. The average Bonchev–Trinajstić information content (AvgIpc) is 2.40. The van der Waals surface area contributed by atoms with Gasteiger partial charge in [0.25, 0.3) is 0 Å². The van der Waals surface area contributed by atoms with Gasteiger partial charge in [-0.05, 0) is 72.1 Å². The molecule has 1 nitrogen and oxygen atoms in total. The summed E-state index contributed by atoms with van der Waals surface area (Å²) in [5, 5.41) is 3.57. The van der Waals surface area contributed by atoms with Crippen LogP contribution in [0, 0.1) is 17.8 Å². The first-order valence-corrected chi connectivity index (χ1v) is 9.42. The van der Waals surface area contributed by atoms with Crippen LogP contribution in [0.15, 0.2) is 33.6 Å². The summed E-state index contributed by atoms with van der Waals surface area (Å²) in [5.41, 5.74) is 0. The Kier molecular flexibility index (Phi) is 6.44. The fraction of sp³-hybridized carbons (Fsp3) is 0.647. The minimum atomic E-state index is 0.623. The molecule has 0 radical (unpaired) electrons. The third kappa shape index (κ3) is 4.51. The number of nitrogens with one attached hydrogen (secondary N) is 1. The minimum absolute atomic E-state index is 0.623. The maximum atomic E-state index is 3.64. The van der Waals surface area contributed by atoms with E-state index in [1.165, 1.54) is 28.6 Å². The molecule has 0 aliphatic heterocycles. The molecular weight excluding hydrogens is 330 g/mol. The van der Waals surface area contributed by atoms with Gasteiger partial charge in [-0.2, -0.15) is 0 Å². The van der Waals surface area contributed by atoms with Gasteiger partial charge in [-0.15, -0.1) is 11.8 Å². The summed E-state index contributed by atoms with van der Waals surface area (Å²) < 4.78 is 1.21. The zero-order valence-electron chi connectivity index (χ0n) is 12.7. The predicted octanol–water partition coefficient (Wildman–Crippen LogP) is 5.20. The fourth-order valence-corrected chi connectivity index (χ4v) is 5.34. The summed E-state index contributed by atoms with van der Waals surface area (Å²) in [6.45, 7) is 4.83. The van der Waals surface area contributed by atoms with E-state index < -0.39 is 0 Å². The van der Waals surface area contributed by atoms with Crippen LogP contribution in [0.25, 0.3) is 0 Å². The highest BCUT2D eigenvalue weighted by Gasteiger charge is 2.29. The summed E-state index contributed by atoms with van der Waals surface area (Å²) in [6, 6.07) is 9.15. The van der Waals surface area contributed by atoms with Gasteiger partial charge in [-0.25, -0.2) is 0 Å². The molecule has 1 N–H and O–H groups in total. The van der Waals surface area contributed by atoms with E-state index in [4.69, 9.17) is 0 Å². The van der Waals surface area contributed by atoms with E-state index in [-0.39, 0.29) is 0 Å². The van der Waals surface area contributed by atoms with Crippen molar-refractivity contribution in [2.75, 3.05) is 12.8 Å². The van der Waals surface area contributed by atoms with E-state index in [1.807, 2.05) is 11.8 Å². The summed E-state index contributed by atoms with van der Waals surface area (Å²) in [4.78, 5) is 1.35. The van der Waals surface area contributed by atoms with Gasteiger partial charge in [0.2, 0.25) is 0 Å². The largest absolute Gasteiger partial charge is 0.316 e. The van der Waals surface area contributed by atoms with Crippen molar-refractivity contribution in [3.8, 4) is 0 Å². The van der Waals surface area contributed by atoms with Crippen LogP contribution in [0.5, 0.6) is 0 Å². The molecule has 0 bridgehead atoms. The second-order valence-electron chi connectivity index (χ2n) is 6.31. The molecule has 1 aromatic rings. The standard InChI is InChI=1S/C17H26BrNS/c1-12-8-13(2)10-14(9-12)16(19-3)11-20-17-7-5-4-6-15(17)18/h4-7,12-14,16,19H,8-11H2,1-3H3. The Morgan fingerprint density at radius 3 is 2.45 bits per heavy atom. The number of thioether (sulfide) groups is 1. The van der Waals surface area contributed by atoms with Gasteiger partial charge in [0.1, 0.15) is 0 Å². The lowest BCUT2D eigenvalue weighted by Crippen LogP contribution is -2.39. The van der Waals surface area contributed by atoms with Crippen LogP contribution in [0.1, 0.15) is 33.1 Å². The molecule has 0 aromatic heterocycles. The van der Waals surface area contributed by atoms with Crippen molar-refractivity contribution in [3.05, 3.63) is 28.7 Å². The molecule has 3 heteroatoms. The quantitative estimate of drug-likeness (QED) is 0.728. The third-order valence-electron chi connectivity index (χ3n) is 4.41. The highest BCUT2D eigenvalue weighted by molar-refractivity contribution is 9.10. The summed E-state index contributed by atoms with van der Waals surface area (Å²) in [7, 11) is 2.12. The lowest BCUT2D eigenvalue weighted by Gasteiger charge is -2.36. The van der Waals surface area contributed by atoms with Gasteiger partial charge in [0, 0.05) is 21.2 Å². The number of hydrogen-bond donors (Lipinski definition) is 1. The number of halogens is 1. The van der Waals surface area contributed by atoms with Crippen molar-refractivity contribution in [2.24, 2.45) is 17.8 Å². The first-order valence-electron chi connectivity index (χ1n) is 7.64. The minimum Gasteiger partial charge on any atom is -0.316 e. The molecule has 1 aromatic carbocycles. The highest BCUT2D eigenvalue weighted by Crippen LogP contribution is 2.36. The van der Waals surface area contributed by atoms with Crippen molar-refractivity contribution in [1.29, 1.82) is 0 Å². The van der Waals surface area contributed by atoms with E-state index >= 15 is 0 Å². The van der Waals surface area contributed by atoms with E-state index in [0.717, 1.165) is 23.5 Å². The van der Waals surface area contributed by atoms with Crippen LogP contribution in [0.3, 0.4) is 0 Å². The SMILES string of the molecule is CNC(CSc1ccccc1Br)C1CC(C)CC(C)C1. The van der Waals surface area contributed by atoms with Crippen LogP contribution in [0.2, 0.25) is 0 Å². The molecule has 1 saturated carbocycles. The van der Waals surface area contributed by atoms with Crippen LogP contribution < -0.4 is 5.32 Å². The van der Waals surface area contributed by atoms with Crippen molar-refractivity contribution in [3.63, 3.8) is 0 Å². The van der Waals surface area contributed by atoms with Gasteiger partial charge in [0.05, 0.1) is 0 Å². The Balaban J connectivity index is 1.93. The maximum Gasteiger partial charge on any atom is 0.0311 e. The molecule has 0 spiro atoms. The maximum absolute atomic E-state index is 3.64. The first-order chi connectivity index (χ1) is 9.60. The molecule has 20 heavy (non-hydrogen) atoms. The van der Waals surface area contributed by atoms with Gasteiger partial charge in [0.15, 0.2) is 0 Å². The lowest BCUT2D eigenvalue weighted by molar-refractivity contribution is 0.188. The Bertz CT molecular complexity index is 413. The smallest absolute Gasteiger partial charge is 0.0311 e. The summed E-state index contributed by atoms with van der Waals surface area (Å²) in [5.74, 6) is 3.75. The normalized spacial score (nSPS) is 28.3. The zero-order chi connectivity index (χ0) is 14.5. The van der Waals surface area contributed by atoms with E-state index in [2.05, 4.69) is 66.4 Å². The molecule has 3 atom stereocenters. The van der Waals surface area contributed by atoms with Crippen molar-refractivity contribution in [2.45, 2.75) is 44.0 Å². The molecule has 1 fully saturated rings. The second-order valence-corrected chi connectivity index (χ2v) is 8.23. The fourth-order valence-electron chi connectivity index (χ4n) is 3.53. The molecular formula is C17H26BrNS. The third-order valence-corrected chi connectivity index (χ3v) is 6.56. The van der Waals surface area contributed by atoms with E-state index in [0.29, 0.717) is 6.04 Å². The highest BCUT2D eigenvalue weighted by atomic mass is 79.9. The zero-order valence-corrected chi connectivity index (χ0v) is 15.1. The molecule has 3 unspecified atom stereocenters. The first kappa shape index (κ1) is 16.4. The molecule has 0 amide bonds. The van der Waals surface area contributed by atoms with E-state index in [9.17, 15) is 0 Å². The van der Waals surface area contributed by atoms with Crippen molar-refractivity contribution in [1.82, 2.24) is 5.32 Å². The topological polar surface area (TPSA) is 12.0 Å². The monoisotopic (exact) mass is 355 g/mol. The number of hydrogen-bond acceptors (Lipinski definition) is 2.